The Labute approximate surface area is 199 Å². The number of amides is 1. The number of thiocarbonyl (C=S) groups is 1. The lowest BCUT2D eigenvalue weighted by molar-refractivity contribution is 0.0977. The van der Waals surface area contributed by atoms with Gasteiger partial charge in [-0.25, -0.2) is 0 Å². The van der Waals surface area contributed by atoms with Gasteiger partial charge in [0.05, 0.1) is 6.10 Å². The standard InChI is InChI=1S/C26H28N2O4S/c1-3-19(2)32-23-14-12-20(13-15-23)25(29)28-26(33)27-21-8-7-11-24(18-21)31-17-16-30-22-9-5-4-6-10-22/h4-15,18-19H,3,16-17H2,1-2H3,(H2,27,28,29,33). The third kappa shape index (κ3) is 8.12. The first-order valence-electron chi connectivity index (χ1n) is 10.8. The van der Waals surface area contributed by atoms with Crippen LogP contribution in [-0.2, 0) is 0 Å². The SMILES string of the molecule is CCC(C)Oc1ccc(C(=O)NC(=S)Nc2cccc(OCCOc3ccccc3)c2)cc1. The smallest absolute Gasteiger partial charge is 0.257 e. The Bertz CT molecular complexity index is 1040. The molecule has 7 heteroatoms. The van der Waals surface area contributed by atoms with Crippen LogP contribution in [0.3, 0.4) is 0 Å². The van der Waals surface area contributed by atoms with Crippen molar-refractivity contribution in [1.82, 2.24) is 5.32 Å². The Kier molecular flexibility index (Phi) is 9.08. The molecule has 0 heterocycles. The van der Waals surface area contributed by atoms with Gasteiger partial charge in [-0.1, -0.05) is 31.2 Å². The first-order valence-corrected chi connectivity index (χ1v) is 11.2. The summed E-state index contributed by atoms with van der Waals surface area (Å²) in [4.78, 5) is 12.5. The monoisotopic (exact) mass is 464 g/mol. The number of para-hydroxylation sites is 1. The second kappa shape index (κ2) is 12.5. The maximum Gasteiger partial charge on any atom is 0.257 e. The quantitative estimate of drug-likeness (QED) is 0.307. The molecule has 0 aromatic heterocycles. The minimum absolute atomic E-state index is 0.123. The average molecular weight is 465 g/mol. The van der Waals surface area contributed by atoms with Gasteiger partial charge in [0.25, 0.3) is 5.91 Å². The van der Waals surface area contributed by atoms with Crippen molar-refractivity contribution in [2.24, 2.45) is 0 Å². The molecule has 2 N–H and O–H groups in total. The van der Waals surface area contributed by atoms with E-state index < -0.39 is 0 Å². The molecule has 1 amide bonds. The molecule has 3 rings (SSSR count). The zero-order chi connectivity index (χ0) is 23.5. The highest BCUT2D eigenvalue weighted by Crippen LogP contribution is 2.18. The van der Waals surface area contributed by atoms with Crippen LogP contribution in [0.2, 0.25) is 0 Å². The van der Waals surface area contributed by atoms with Crippen LogP contribution in [0.4, 0.5) is 5.69 Å². The van der Waals surface area contributed by atoms with E-state index in [0.717, 1.165) is 17.9 Å². The fourth-order valence-electron chi connectivity index (χ4n) is 2.84. The summed E-state index contributed by atoms with van der Waals surface area (Å²) in [5.74, 6) is 1.90. The second-order valence-corrected chi connectivity index (χ2v) is 7.72. The normalized spacial score (nSPS) is 11.2. The van der Waals surface area contributed by atoms with E-state index in [1.165, 1.54) is 0 Å². The summed E-state index contributed by atoms with van der Waals surface area (Å²) in [6.07, 6.45) is 1.04. The third-order valence-corrected chi connectivity index (χ3v) is 4.92. The highest BCUT2D eigenvalue weighted by Gasteiger charge is 2.09. The zero-order valence-electron chi connectivity index (χ0n) is 18.7. The van der Waals surface area contributed by atoms with E-state index >= 15 is 0 Å². The molecule has 0 bridgehead atoms. The van der Waals surface area contributed by atoms with E-state index in [0.29, 0.717) is 30.2 Å². The van der Waals surface area contributed by atoms with Crippen LogP contribution in [0.15, 0.2) is 78.9 Å². The molecule has 172 valence electrons. The molecule has 1 unspecified atom stereocenters. The van der Waals surface area contributed by atoms with Gasteiger partial charge in [0, 0.05) is 17.3 Å². The lowest BCUT2D eigenvalue weighted by Crippen LogP contribution is -2.34. The number of anilines is 1. The van der Waals surface area contributed by atoms with Gasteiger partial charge in [-0.15, -0.1) is 0 Å². The van der Waals surface area contributed by atoms with Gasteiger partial charge in [-0.3, -0.25) is 10.1 Å². The summed E-state index contributed by atoms with van der Waals surface area (Å²) >= 11 is 5.29. The fourth-order valence-corrected chi connectivity index (χ4v) is 3.05. The number of carbonyl (C=O) groups excluding carboxylic acids is 1. The van der Waals surface area contributed by atoms with Crippen molar-refractivity contribution in [1.29, 1.82) is 0 Å². The Morgan fingerprint density at radius 3 is 2.24 bits per heavy atom. The van der Waals surface area contributed by atoms with Crippen molar-refractivity contribution in [2.75, 3.05) is 18.5 Å². The van der Waals surface area contributed by atoms with Gasteiger partial charge in [-0.05, 0) is 74.1 Å². The summed E-state index contributed by atoms with van der Waals surface area (Å²) < 4.78 is 17.1. The highest BCUT2D eigenvalue weighted by molar-refractivity contribution is 7.80. The van der Waals surface area contributed by atoms with Crippen molar-refractivity contribution in [3.8, 4) is 17.2 Å². The Morgan fingerprint density at radius 2 is 1.55 bits per heavy atom. The minimum Gasteiger partial charge on any atom is -0.491 e. The van der Waals surface area contributed by atoms with E-state index in [2.05, 4.69) is 17.6 Å². The number of benzene rings is 3. The van der Waals surface area contributed by atoms with E-state index in [1.54, 1.807) is 24.3 Å². The molecule has 3 aromatic carbocycles. The molecule has 1 atom stereocenters. The molecule has 3 aromatic rings. The van der Waals surface area contributed by atoms with Gasteiger partial charge in [0.1, 0.15) is 30.5 Å². The van der Waals surface area contributed by atoms with E-state index in [9.17, 15) is 4.79 Å². The van der Waals surface area contributed by atoms with E-state index in [1.807, 2.05) is 61.5 Å². The van der Waals surface area contributed by atoms with Crippen molar-refractivity contribution >= 4 is 28.9 Å². The highest BCUT2D eigenvalue weighted by atomic mass is 32.1. The number of carbonyl (C=O) groups is 1. The number of hydrogen-bond donors (Lipinski definition) is 2. The van der Waals surface area contributed by atoms with E-state index in [4.69, 9.17) is 26.4 Å². The fraction of sp³-hybridized carbons (Fsp3) is 0.231. The molecular formula is C26H28N2O4S. The minimum atomic E-state index is -0.298. The van der Waals surface area contributed by atoms with Crippen LogP contribution in [0, 0.1) is 0 Å². The first kappa shape index (κ1) is 24.1. The molecule has 0 radical (unpaired) electrons. The molecule has 6 nitrogen and oxygen atoms in total. The Hall–Kier alpha value is -3.58. The Morgan fingerprint density at radius 1 is 0.879 bits per heavy atom. The largest absolute Gasteiger partial charge is 0.491 e. The molecule has 33 heavy (non-hydrogen) atoms. The molecule has 0 aliphatic rings. The predicted octanol–water partition coefficient (Wildman–Crippen LogP) is 5.45. The third-order valence-electron chi connectivity index (χ3n) is 4.71. The second-order valence-electron chi connectivity index (χ2n) is 7.31. The Balaban J connectivity index is 1.45. The first-order chi connectivity index (χ1) is 16.0. The van der Waals surface area contributed by atoms with Gasteiger partial charge in [0.2, 0.25) is 0 Å². The lowest BCUT2D eigenvalue weighted by atomic mass is 10.2. The van der Waals surface area contributed by atoms with Gasteiger partial charge < -0.3 is 19.5 Å². The average Bonchev–Trinajstić information content (AvgIpc) is 2.83. The summed E-state index contributed by atoms with van der Waals surface area (Å²) in [5.41, 5.74) is 1.20. The summed E-state index contributed by atoms with van der Waals surface area (Å²) in [6, 6.07) is 23.9. The zero-order valence-corrected chi connectivity index (χ0v) is 19.6. The maximum atomic E-state index is 12.5. The maximum absolute atomic E-state index is 12.5. The number of hydrogen-bond acceptors (Lipinski definition) is 5. The van der Waals surface area contributed by atoms with Gasteiger partial charge in [-0.2, -0.15) is 0 Å². The molecule has 0 saturated carbocycles. The summed E-state index contributed by atoms with van der Waals surface area (Å²) in [6.45, 7) is 4.89. The molecule has 0 aliphatic carbocycles. The van der Waals surface area contributed by atoms with Crippen molar-refractivity contribution in [3.05, 3.63) is 84.4 Å². The van der Waals surface area contributed by atoms with Crippen LogP contribution in [0.1, 0.15) is 30.6 Å². The summed E-state index contributed by atoms with van der Waals surface area (Å²) in [5, 5.41) is 5.89. The molecule has 0 fully saturated rings. The lowest BCUT2D eigenvalue weighted by Gasteiger charge is -2.13. The van der Waals surface area contributed by atoms with Gasteiger partial charge >= 0.3 is 0 Å². The van der Waals surface area contributed by atoms with Crippen LogP contribution < -0.4 is 24.8 Å². The van der Waals surface area contributed by atoms with Crippen LogP contribution >= 0.6 is 12.2 Å². The number of rotatable bonds is 10. The topological polar surface area (TPSA) is 68.8 Å². The number of nitrogens with one attached hydrogen (secondary N) is 2. The number of ether oxygens (including phenoxy) is 3. The van der Waals surface area contributed by atoms with Crippen LogP contribution in [0.25, 0.3) is 0 Å². The molecule has 0 aliphatic heterocycles. The van der Waals surface area contributed by atoms with Crippen LogP contribution in [0.5, 0.6) is 17.2 Å². The predicted molar refractivity (Wildman–Crippen MR) is 134 cm³/mol. The van der Waals surface area contributed by atoms with E-state index in [-0.39, 0.29) is 17.1 Å². The summed E-state index contributed by atoms with van der Waals surface area (Å²) in [7, 11) is 0. The molecular weight excluding hydrogens is 436 g/mol. The van der Waals surface area contributed by atoms with Crippen molar-refractivity contribution < 1.29 is 19.0 Å². The molecule has 0 spiro atoms. The van der Waals surface area contributed by atoms with Crippen molar-refractivity contribution in [2.45, 2.75) is 26.4 Å². The molecule has 0 saturated heterocycles. The van der Waals surface area contributed by atoms with Gasteiger partial charge in [0.15, 0.2) is 5.11 Å². The van der Waals surface area contributed by atoms with Crippen LogP contribution in [-0.4, -0.2) is 30.3 Å². The van der Waals surface area contributed by atoms with Crippen molar-refractivity contribution in [3.63, 3.8) is 0 Å².